The van der Waals surface area contributed by atoms with E-state index in [4.69, 9.17) is 5.11 Å². The van der Waals surface area contributed by atoms with Crippen molar-refractivity contribution in [1.82, 2.24) is 14.3 Å². The van der Waals surface area contributed by atoms with Gasteiger partial charge in [-0.3, -0.25) is 9.20 Å². The third kappa shape index (κ3) is 2.71. The van der Waals surface area contributed by atoms with Gasteiger partial charge in [0.15, 0.2) is 4.96 Å². The molecule has 1 N–H and O–H groups in total. The van der Waals surface area contributed by atoms with E-state index in [1.165, 1.54) is 6.42 Å². The van der Waals surface area contributed by atoms with Gasteiger partial charge in [-0.1, -0.05) is 0 Å². The summed E-state index contributed by atoms with van der Waals surface area (Å²) in [4.78, 5) is 19.8. The fraction of sp³-hybridized carbons (Fsp3) is 0.571. The molecule has 5 nitrogen and oxygen atoms in total. The molecule has 20 heavy (non-hydrogen) atoms. The highest BCUT2D eigenvalue weighted by Gasteiger charge is 2.28. The predicted octanol–water partition coefficient (Wildman–Crippen LogP) is 1.70. The minimum atomic E-state index is 0.133. The van der Waals surface area contributed by atoms with Crippen molar-refractivity contribution in [2.75, 3.05) is 13.2 Å². The Bertz CT molecular complexity index is 560. The van der Waals surface area contributed by atoms with Crippen LogP contribution in [0.15, 0.2) is 17.8 Å². The molecule has 0 aromatic carbocycles. The number of hydrogen-bond acceptors (Lipinski definition) is 4. The average molecular weight is 293 g/mol. The molecule has 0 spiro atoms. The Labute approximate surface area is 121 Å². The number of hydrogen-bond donors (Lipinski definition) is 1. The molecule has 108 valence electrons. The van der Waals surface area contributed by atoms with Gasteiger partial charge in [-0.15, -0.1) is 11.3 Å². The molecule has 0 saturated heterocycles. The highest BCUT2D eigenvalue weighted by atomic mass is 32.1. The summed E-state index contributed by atoms with van der Waals surface area (Å²) < 4.78 is 1.95. The normalized spacial score (nSPS) is 15.4. The summed E-state index contributed by atoms with van der Waals surface area (Å²) in [5, 5.41) is 11.0. The van der Waals surface area contributed by atoms with Crippen LogP contribution >= 0.6 is 11.3 Å². The quantitative estimate of drug-likeness (QED) is 0.882. The Morgan fingerprint density at radius 2 is 2.40 bits per heavy atom. The first-order valence-corrected chi connectivity index (χ1v) is 7.97. The van der Waals surface area contributed by atoms with Crippen LogP contribution in [0, 0.1) is 0 Å². The fourth-order valence-electron chi connectivity index (χ4n) is 2.57. The van der Waals surface area contributed by atoms with Crippen LogP contribution in [-0.2, 0) is 11.2 Å². The van der Waals surface area contributed by atoms with Gasteiger partial charge < -0.3 is 10.0 Å². The molecule has 0 aliphatic heterocycles. The number of aliphatic hydroxyl groups is 1. The molecular formula is C14H19N3O2S. The molecule has 1 aliphatic carbocycles. The van der Waals surface area contributed by atoms with Gasteiger partial charge in [0.1, 0.15) is 0 Å². The molecule has 2 aromatic heterocycles. The number of carbonyl (C=O) groups excluding carboxylic acids is 1. The van der Waals surface area contributed by atoms with Gasteiger partial charge in [0.2, 0.25) is 5.91 Å². The van der Waals surface area contributed by atoms with Crippen LogP contribution < -0.4 is 0 Å². The number of aliphatic hydroxyl groups excluding tert-OH is 1. The van der Waals surface area contributed by atoms with Crippen LogP contribution in [0.1, 0.15) is 31.4 Å². The molecule has 0 unspecified atom stereocenters. The molecule has 0 atom stereocenters. The Kier molecular flexibility index (Phi) is 4.03. The lowest BCUT2D eigenvalue weighted by Gasteiger charge is -2.37. The molecular weight excluding hydrogens is 274 g/mol. The van der Waals surface area contributed by atoms with Crippen molar-refractivity contribution in [3.63, 3.8) is 0 Å². The summed E-state index contributed by atoms with van der Waals surface area (Å²) in [6, 6.07) is 0.373. The first-order chi connectivity index (χ1) is 9.78. The Morgan fingerprint density at radius 3 is 3.05 bits per heavy atom. The van der Waals surface area contributed by atoms with Gasteiger partial charge in [0, 0.05) is 37.0 Å². The first-order valence-electron chi connectivity index (χ1n) is 7.09. The summed E-state index contributed by atoms with van der Waals surface area (Å²) in [6.45, 7) is 0.791. The van der Waals surface area contributed by atoms with E-state index in [2.05, 4.69) is 4.98 Å². The van der Waals surface area contributed by atoms with Crippen molar-refractivity contribution in [3.05, 3.63) is 23.5 Å². The Balaban J connectivity index is 1.67. The van der Waals surface area contributed by atoms with E-state index in [-0.39, 0.29) is 12.5 Å². The lowest BCUT2D eigenvalue weighted by Crippen LogP contribution is -2.45. The molecule has 1 fully saturated rings. The fourth-order valence-corrected chi connectivity index (χ4v) is 3.29. The number of thiazole rings is 1. The maximum absolute atomic E-state index is 12.4. The molecule has 6 heteroatoms. The molecule has 1 amide bonds. The van der Waals surface area contributed by atoms with E-state index in [9.17, 15) is 4.79 Å². The van der Waals surface area contributed by atoms with Gasteiger partial charge in [0.25, 0.3) is 0 Å². The maximum Gasteiger partial charge on any atom is 0.228 e. The summed E-state index contributed by atoms with van der Waals surface area (Å²) >= 11 is 1.57. The van der Waals surface area contributed by atoms with Gasteiger partial charge in [0.05, 0.1) is 12.1 Å². The second kappa shape index (κ2) is 5.93. The number of nitrogens with zero attached hydrogens (tertiary/aromatic N) is 3. The SMILES string of the molecule is O=C(Cc1cn2ccsc2n1)N(CCCO)C1CCC1. The molecule has 0 radical (unpaired) electrons. The highest BCUT2D eigenvalue weighted by Crippen LogP contribution is 2.25. The van der Waals surface area contributed by atoms with Crippen LogP contribution in [0.5, 0.6) is 0 Å². The van der Waals surface area contributed by atoms with Crippen molar-refractivity contribution in [2.45, 2.75) is 38.1 Å². The monoisotopic (exact) mass is 293 g/mol. The van der Waals surface area contributed by atoms with E-state index >= 15 is 0 Å². The van der Waals surface area contributed by atoms with E-state index in [1.807, 2.05) is 27.1 Å². The third-order valence-corrected chi connectivity index (χ3v) is 4.64. The average Bonchev–Trinajstić information content (AvgIpc) is 2.92. The van der Waals surface area contributed by atoms with Crippen molar-refractivity contribution >= 4 is 22.2 Å². The lowest BCUT2D eigenvalue weighted by molar-refractivity contribution is -0.134. The molecule has 0 bridgehead atoms. The van der Waals surface area contributed by atoms with E-state index in [0.717, 1.165) is 23.5 Å². The Hall–Kier alpha value is -1.40. The van der Waals surface area contributed by atoms with Gasteiger partial charge in [-0.05, 0) is 25.7 Å². The summed E-state index contributed by atoms with van der Waals surface area (Å²) in [5.74, 6) is 0.133. The number of amides is 1. The standard InChI is InChI=1S/C14H19N3O2S/c18-7-2-5-17(12-3-1-4-12)13(19)9-11-10-16-6-8-20-14(16)15-11/h6,8,10,12,18H,1-5,7,9H2. The topological polar surface area (TPSA) is 57.8 Å². The lowest BCUT2D eigenvalue weighted by atomic mass is 9.91. The van der Waals surface area contributed by atoms with Gasteiger partial charge in [-0.25, -0.2) is 4.98 Å². The van der Waals surface area contributed by atoms with Crippen LogP contribution in [0.2, 0.25) is 0 Å². The van der Waals surface area contributed by atoms with Gasteiger partial charge >= 0.3 is 0 Å². The van der Waals surface area contributed by atoms with Crippen LogP contribution in [0.25, 0.3) is 4.96 Å². The van der Waals surface area contributed by atoms with Crippen molar-refractivity contribution in [2.24, 2.45) is 0 Å². The smallest absolute Gasteiger partial charge is 0.228 e. The summed E-state index contributed by atoms with van der Waals surface area (Å²) in [7, 11) is 0. The molecule has 1 saturated carbocycles. The summed E-state index contributed by atoms with van der Waals surface area (Å²) in [5.41, 5.74) is 0.829. The zero-order valence-corrected chi connectivity index (χ0v) is 12.2. The minimum absolute atomic E-state index is 0.133. The molecule has 1 aliphatic rings. The second-order valence-corrected chi connectivity index (χ2v) is 6.12. The summed E-state index contributed by atoms with van der Waals surface area (Å²) in [6.07, 6.45) is 8.28. The predicted molar refractivity (Wildman–Crippen MR) is 77.8 cm³/mol. The minimum Gasteiger partial charge on any atom is -0.396 e. The van der Waals surface area contributed by atoms with Crippen molar-refractivity contribution < 1.29 is 9.90 Å². The highest BCUT2D eigenvalue weighted by molar-refractivity contribution is 7.15. The van der Waals surface area contributed by atoms with Crippen molar-refractivity contribution in [1.29, 1.82) is 0 Å². The molecule has 2 heterocycles. The first kappa shape index (κ1) is 13.6. The number of aromatic nitrogens is 2. The zero-order chi connectivity index (χ0) is 13.9. The number of fused-ring (bicyclic) bond motifs is 1. The van der Waals surface area contributed by atoms with Crippen LogP contribution in [0.3, 0.4) is 0 Å². The van der Waals surface area contributed by atoms with Crippen LogP contribution in [0.4, 0.5) is 0 Å². The zero-order valence-electron chi connectivity index (χ0n) is 11.4. The van der Waals surface area contributed by atoms with E-state index in [0.29, 0.717) is 25.4 Å². The van der Waals surface area contributed by atoms with Crippen molar-refractivity contribution in [3.8, 4) is 0 Å². The second-order valence-electron chi connectivity index (χ2n) is 5.25. The Morgan fingerprint density at radius 1 is 1.55 bits per heavy atom. The largest absolute Gasteiger partial charge is 0.396 e. The number of imidazole rings is 1. The molecule has 2 aromatic rings. The maximum atomic E-state index is 12.4. The van der Waals surface area contributed by atoms with Gasteiger partial charge in [-0.2, -0.15) is 0 Å². The third-order valence-electron chi connectivity index (χ3n) is 3.87. The number of carbonyl (C=O) groups is 1. The molecule has 3 rings (SSSR count). The van der Waals surface area contributed by atoms with Crippen LogP contribution in [-0.4, -0.2) is 44.5 Å². The van der Waals surface area contributed by atoms with E-state index < -0.39 is 0 Å². The number of rotatable bonds is 6. The van der Waals surface area contributed by atoms with E-state index in [1.54, 1.807) is 11.3 Å².